The molecule has 4 nitrogen and oxygen atoms in total. The van der Waals surface area contributed by atoms with Crippen LogP contribution in [-0.4, -0.2) is 35.9 Å². The van der Waals surface area contributed by atoms with Gasteiger partial charge in [0.15, 0.2) is 0 Å². The van der Waals surface area contributed by atoms with Gasteiger partial charge in [-0.05, 0) is 6.42 Å². The molecule has 0 saturated carbocycles. The maximum absolute atomic E-state index is 10.9. The molecule has 4 heteroatoms. The lowest BCUT2D eigenvalue weighted by Gasteiger charge is -2.07. The second kappa shape index (κ2) is 4.54. The van der Waals surface area contributed by atoms with Crippen LogP contribution in [0.3, 0.4) is 0 Å². The van der Waals surface area contributed by atoms with Crippen molar-refractivity contribution < 1.29 is 14.7 Å². The average Bonchev–Trinajstić information content (AvgIpc) is 1.98. The molecule has 0 amide bonds. The second-order valence-electron chi connectivity index (χ2n) is 2.61. The highest BCUT2D eigenvalue weighted by atomic mass is 16.4. The van der Waals surface area contributed by atoms with Crippen LogP contribution in [0.25, 0.3) is 0 Å². The number of carboxylic acids is 1. The van der Waals surface area contributed by atoms with Crippen LogP contribution in [0.15, 0.2) is 11.8 Å². The number of carbonyl (C=O) groups is 2. The molecule has 0 atom stereocenters. The number of hydrogen-bond donors (Lipinski definition) is 1. The molecule has 0 radical (unpaired) electrons. The predicted molar refractivity (Wildman–Crippen MR) is 44.7 cm³/mol. The van der Waals surface area contributed by atoms with Gasteiger partial charge in [0.1, 0.15) is 0 Å². The van der Waals surface area contributed by atoms with Crippen molar-refractivity contribution in [2.75, 3.05) is 14.1 Å². The van der Waals surface area contributed by atoms with E-state index in [4.69, 9.17) is 5.11 Å². The molecular formula is C8H13NO3. The normalized spacial score (nSPS) is 11.1. The Kier molecular flexibility index (Phi) is 4.04. The Labute approximate surface area is 71.5 Å². The smallest absolute Gasteiger partial charge is 0.376 e. The van der Waals surface area contributed by atoms with Crippen LogP contribution in [0.5, 0.6) is 0 Å². The third-order valence-corrected chi connectivity index (χ3v) is 1.28. The lowest BCUT2D eigenvalue weighted by atomic mass is 10.1. The highest BCUT2D eigenvalue weighted by Gasteiger charge is 2.15. The maximum atomic E-state index is 10.9. The Balaban J connectivity index is 4.56. The fourth-order valence-corrected chi connectivity index (χ4v) is 0.759. The molecule has 0 aromatic rings. The van der Waals surface area contributed by atoms with Gasteiger partial charge in [0.05, 0.1) is 0 Å². The summed E-state index contributed by atoms with van der Waals surface area (Å²) in [5.41, 5.74) is 0.313. The minimum Gasteiger partial charge on any atom is -0.475 e. The summed E-state index contributed by atoms with van der Waals surface area (Å²) in [5.74, 6) is -2.23. The first-order valence-electron chi connectivity index (χ1n) is 3.63. The number of rotatable bonds is 4. The van der Waals surface area contributed by atoms with E-state index in [9.17, 15) is 9.59 Å². The molecule has 0 aliphatic carbocycles. The molecular weight excluding hydrogens is 158 g/mol. The molecule has 0 bridgehead atoms. The van der Waals surface area contributed by atoms with Crippen LogP contribution in [0.2, 0.25) is 0 Å². The third kappa shape index (κ3) is 3.18. The van der Waals surface area contributed by atoms with Gasteiger partial charge in [-0.3, -0.25) is 4.79 Å². The lowest BCUT2D eigenvalue weighted by molar-refractivity contribution is -0.147. The van der Waals surface area contributed by atoms with Crippen molar-refractivity contribution >= 4 is 11.8 Å². The number of hydrogen-bond acceptors (Lipinski definition) is 3. The number of carboxylic acid groups (broad SMARTS) is 1. The summed E-state index contributed by atoms with van der Waals surface area (Å²) in [6.45, 7) is 1.75. The van der Waals surface area contributed by atoms with Gasteiger partial charge >= 0.3 is 5.97 Å². The van der Waals surface area contributed by atoms with Gasteiger partial charge < -0.3 is 10.0 Å². The van der Waals surface area contributed by atoms with Gasteiger partial charge in [-0.1, -0.05) is 6.92 Å². The van der Waals surface area contributed by atoms with Gasteiger partial charge in [-0.15, -0.1) is 0 Å². The largest absolute Gasteiger partial charge is 0.475 e. The Morgan fingerprint density at radius 1 is 1.42 bits per heavy atom. The van der Waals surface area contributed by atoms with Gasteiger partial charge in [0.25, 0.3) is 5.78 Å². The Morgan fingerprint density at radius 2 is 1.92 bits per heavy atom. The molecule has 0 aliphatic heterocycles. The predicted octanol–water partition coefficient (Wildman–Crippen LogP) is 0.496. The van der Waals surface area contributed by atoms with Crippen molar-refractivity contribution in [3.63, 3.8) is 0 Å². The zero-order valence-electron chi connectivity index (χ0n) is 7.50. The Bertz CT molecular complexity index is 218. The first-order valence-corrected chi connectivity index (χ1v) is 3.63. The number of Topliss-reactive ketones (excluding diaryl/α,β-unsaturated/α-hetero) is 1. The Hall–Kier alpha value is -1.32. The van der Waals surface area contributed by atoms with E-state index in [0.29, 0.717) is 12.0 Å². The first-order chi connectivity index (χ1) is 5.49. The van der Waals surface area contributed by atoms with E-state index in [-0.39, 0.29) is 0 Å². The highest BCUT2D eigenvalue weighted by molar-refractivity contribution is 6.39. The van der Waals surface area contributed by atoms with Gasteiger partial charge in [0, 0.05) is 25.9 Å². The molecule has 0 spiro atoms. The summed E-state index contributed by atoms with van der Waals surface area (Å²) in [6.07, 6.45) is 1.96. The molecule has 1 N–H and O–H groups in total. The van der Waals surface area contributed by atoms with E-state index in [1.54, 1.807) is 25.9 Å². The fraction of sp³-hybridized carbons (Fsp3) is 0.500. The fourth-order valence-electron chi connectivity index (χ4n) is 0.759. The standard InChI is InChI=1S/C8H13NO3/c1-4-6(5-9(2)3)7(10)8(11)12/h5H,4H2,1-3H3,(H,11,12)/b6-5+. The van der Waals surface area contributed by atoms with Crippen LogP contribution in [0, 0.1) is 0 Å². The zero-order valence-corrected chi connectivity index (χ0v) is 7.50. The molecule has 0 aliphatic rings. The molecule has 0 saturated heterocycles. The topological polar surface area (TPSA) is 57.6 Å². The van der Waals surface area contributed by atoms with Crippen molar-refractivity contribution in [3.8, 4) is 0 Å². The van der Waals surface area contributed by atoms with E-state index >= 15 is 0 Å². The summed E-state index contributed by atoms with van der Waals surface area (Å²) in [7, 11) is 3.48. The third-order valence-electron chi connectivity index (χ3n) is 1.28. The van der Waals surface area contributed by atoms with Crippen LogP contribution >= 0.6 is 0 Å². The van der Waals surface area contributed by atoms with Crippen LogP contribution in [0.4, 0.5) is 0 Å². The maximum Gasteiger partial charge on any atom is 0.376 e. The first kappa shape index (κ1) is 10.7. The monoisotopic (exact) mass is 171 g/mol. The average molecular weight is 171 g/mol. The summed E-state index contributed by atoms with van der Waals surface area (Å²) in [5, 5.41) is 8.39. The number of aliphatic carboxylic acids is 1. The Morgan fingerprint density at radius 3 is 2.17 bits per heavy atom. The van der Waals surface area contributed by atoms with Crippen molar-refractivity contribution in [1.82, 2.24) is 4.90 Å². The van der Waals surface area contributed by atoms with Gasteiger partial charge in [0.2, 0.25) is 0 Å². The highest BCUT2D eigenvalue weighted by Crippen LogP contribution is 2.02. The van der Waals surface area contributed by atoms with Gasteiger partial charge in [-0.25, -0.2) is 4.79 Å². The van der Waals surface area contributed by atoms with Gasteiger partial charge in [-0.2, -0.15) is 0 Å². The molecule has 0 rings (SSSR count). The molecule has 12 heavy (non-hydrogen) atoms. The number of ketones is 1. The summed E-state index contributed by atoms with van der Waals surface area (Å²) in [6, 6.07) is 0. The lowest BCUT2D eigenvalue weighted by Crippen LogP contribution is -2.17. The minimum atomic E-state index is -1.40. The molecule has 0 aromatic heterocycles. The van der Waals surface area contributed by atoms with Crippen LogP contribution in [0.1, 0.15) is 13.3 Å². The van der Waals surface area contributed by atoms with Crippen molar-refractivity contribution in [2.24, 2.45) is 0 Å². The van der Waals surface area contributed by atoms with E-state index in [2.05, 4.69) is 0 Å². The summed E-state index contributed by atoms with van der Waals surface area (Å²) in [4.78, 5) is 22.8. The molecule has 0 aromatic carbocycles. The van der Waals surface area contributed by atoms with Crippen LogP contribution in [-0.2, 0) is 9.59 Å². The summed E-state index contributed by atoms with van der Waals surface area (Å²) < 4.78 is 0. The molecule has 0 fully saturated rings. The van der Waals surface area contributed by atoms with Crippen molar-refractivity contribution in [1.29, 1.82) is 0 Å². The molecule has 68 valence electrons. The van der Waals surface area contributed by atoms with E-state index < -0.39 is 11.8 Å². The van der Waals surface area contributed by atoms with E-state index in [1.165, 1.54) is 6.20 Å². The second-order valence-corrected chi connectivity index (χ2v) is 2.61. The quantitative estimate of drug-likeness (QED) is 0.494. The van der Waals surface area contributed by atoms with Crippen molar-refractivity contribution in [2.45, 2.75) is 13.3 Å². The summed E-state index contributed by atoms with van der Waals surface area (Å²) >= 11 is 0. The minimum absolute atomic E-state index is 0.313. The van der Waals surface area contributed by atoms with Crippen LogP contribution < -0.4 is 0 Å². The zero-order chi connectivity index (χ0) is 9.72. The van der Waals surface area contributed by atoms with E-state index in [0.717, 1.165) is 0 Å². The number of nitrogens with zero attached hydrogens (tertiary/aromatic N) is 1. The SMILES string of the molecule is CC/C(=C\N(C)C)C(=O)C(=O)O. The van der Waals surface area contributed by atoms with E-state index in [1.807, 2.05) is 0 Å². The number of carbonyl (C=O) groups excluding carboxylic acids is 1. The molecule has 0 unspecified atom stereocenters. The van der Waals surface area contributed by atoms with Crippen molar-refractivity contribution in [3.05, 3.63) is 11.8 Å². The molecule has 0 heterocycles.